The van der Waals surface area contributed by atoms with Gasteiger partial charge in [-0.1, -0.05) is 216 Å². The molecule has 0 saturated carbocycles. The molecule has 0 aromatic heterocycles. The number of allylic oxidation sites excluding steroid dienone is 9. The van der Waals surface area contributed by atoms with Crippen LogP contribution in [0.15, 0.2) is 60.8 Å². The summed E-state index contributed by atoms with van der Waals surface area (Å²) in [6.07, 6.45) is 52.9. The Kier molecular flexibility index (Phi) is 41.9. The van der Waals surface area contributed by atoms with Crippen molar-refractivity contribution in [3.05, 3.63) is 60.8 Å². The van der Waals surface area contributed by atoms with E-state index >= 15 is 0 Å². The van der Waals surface area contributed by atoms with Gasteiger partial charge < -0.3 is 40.3 Å². The molecule has 0 aromatic rings. The first-order valence-corrected chi connectivity index (χ1v) is 26.5. The minimum absolute atomic E-state index is 0.205. The van der Waals surface area contributed by atoms with Crippen LogP contribution in [0.4, 0.5) is 0 Å². The molecule has 1 aliphatic rings. The minimum atomic E-state index is -1.58. The molecule has 0 spiro atoms. The van der Waals surface area contributed by atoms with Crippen molar-refractivity contribution < 1.29 is 39.8 Å². The number of hydrogen-bond acceptors (Lipinski definition) is 8. The van der Waals surface area contributed by atoms with Crippen molar-refractivity contribution in [2.45, 2.75) is 269 Å². The highest BCUT2D eigenvalue weighted by molar-refractivity contribution is 5.76. The second-order valence-corrected chi connectivity index (χ2v) is 18.3. The highest BCUT2D eigenvalue weighted by atomic mass is 16.7. The lowest BCUT2D eigenvalue weighted by Gasteiger charge is -2.40. The number of nitrogens with one attached hydrogen (secondary N) is 1. The largest absolute Gasteiger partial charge is 0.394 e. The zero-order chi connectivity index (χ0) is 46.6. The molecule has 372 valence electrons. The van der Waals surface area contributed by atoms with E-state index in [1.54, 1.807) is 6.08 Å². The van der Waals surface area contributed by atoms with Crippen molar-refractivity contribution in [2.24, 2.45) is 0 Å². The number of unbranched alkanes of at least 4 members (excludes halogenated alkanes) is 26. The van der Waals surface area contributed by atoms with Crippen LogP contribution in [0, 0.1) is 0 Å². The van der Waals surface area contributed by atoms with Crippen molar-refractivity contribution in [2.75, 3.05) is 13.2 Å². The Morgan fingerprint density at radius 1 is 0.547 bits per heavy atom. The molecule has 7 unspecified atom stereocenters. The molecule has 0 aliphatic carbocycles. The average Bonchev–Trinajstić information content (AvgIpc) is 3.29. The van der Waals surface area contributed by atoms with Gasteiger partial charge >= 0.3 is 0 Å². The summed E-state index contributed by atoms with van der Waals surface area (Å²) in [6.45, 7) is 3.64. The van der Waals surface area contributed by atoms with E-state index in [9.17, 15) is 30.3 Å². The van der Waals surface area contributed by atoms with Crippen molar-refractivity contribution in [3.8, 4) is 0 Å². The highest BCUT2D eigenvalue weighted by Gasteiger charge is 2.44. The third kappa shape index (κ3) is 34.2. The molecule has 1 fully saturated rings. The third-order valence-corrected chi connectivity index (χ3v) is 12.3. The third-order valence-electron chi connectivity index (χ3n) is 12.3. The standard InChI is InChI=1S/C55H99NO8/c1-3-5-7-9-11-13-15-17-19-20-21-22-23-24-25-26-27-28-29-31-32-34-36-38-40-42-44-49(58)48(47-63-55-54(62)53(61)52(60)50(46-57)64-55)56-51(59)45-43-41-39-37-35-33-30-18-16-14-12-10-8-6-4-2/h6,8,12,14,18,30,34,36,42,44,48-50,52-55,57-58,60-62H,3-5,7,9-11,13,15-17,19-29,31-33,35,37-41,43,45-47H2,1-2H3,(H,56,59)/b8-6-,14-12-,30-18-,36-34+,44-42+. The molecule has 9 heteroatoms. The van der Waals surface area contributed by atoms with Crippen LogP contribution in [0.25, 0.3) is 0 Å². The maximum absolute atomic E-state index is 13.0. The smallest absolute Gasteiger partial charge is 0.220 e. The predicted octanol–water partition coefficient (Wildman–Crippen LogP) is 12.3. The lowest BCUT2D eigenvalue weighted by Crippen LogP contribution is -2.60. The van der Waals surface area contributed by atoms with Gasteiger partial charge in [-0.2, -0.15) is 0 Å². The van der Waals surface area contributed by atoms with Crippen LogP contribution < -0.4 is 5.32 Å². The topological polar surface area (TPSA) is 149 Å². The van der Waals surface area contributed by atoms with E-state index in [0.717, 1.165) is 77.0 Å². The van der Waals surface area contributed by atoms with Crippen molar-refractivity contribution in [1.82, 2.24) is 5.32 Å². The summed E-state index contributed by atoms with van der Waals surface area (Å²) in [5.74, 6) is -0.205. The van der Waals surface area contributed by atoms with E-state index in [-0.39, 0.29) is 12.5 Å². The van der Waals surface area contributed by atoms with Gasteiger partial charge in [0.25, 0.3) is 0 Å². The van der Waals surface area contributed by atoms with Crippen molar-refractivity contribution >= 4 is 5.91 Å². The first-order chi connectivity index (χ1) is 31.3. The molecule has 6 N–H and O–H groups in total. The molecule has 1 rings (SSSR count). The molecule has 64 heavy (non-hydrogen) atoms. The Morgan fingerprint density at radius 3 is 1.50 bits per heavy atom. The molecule has 0 aromatic carbocycles. The quantitative estimate of drug-likeness (QED) is 0.0262. The molecular formula is C55H99NO8. The summed E-state index contributed by atoms with van der Waals surface area (Å²) in [7, 11) is 0. The molecule has 0 radical (unpaired) electrons. The SMILES string of the molecule is CC/C=C\C/C=C\C/C=C\CCCCCCCC(=O)NC(COC1OC(CO)C(O)C(O)C1O)C(O)/C=C/CC/C=C/CCCCCCCCCCCCCCCCCCCCCC. The summed E-state index contributed by atoms with van der Waals surface area (Å²) in [5, 5.41) is 54.3. The highest BCUT2D eigenvalue weighted by Crippen LogP contribution is 2.23. The molecule has 1 heterocycles. The maximum atomic E-state index is 13.0. The fraction of sp³-hybridized carbons (Fsp3) is 0.800. The summed E-state index contributed by atoms with van der Waals surface area (Å²) in [5.41, 5.74) is 0. The van der Waals surface area contributed by atoms with E-state index in [1.165, 1.54) is 128 Å². The number of aliphatic hydroxyl groups excluding tert-OH is 5. The van der Waals surface area contributed by atoms with Gasteiger partial charge in [0.1, 0.15) is 24.4 Å². The lowest BCUT2D eigenvalue weighted by molar-refractivity contribution is -0.302. The molecule has 7 atom stereocenters. The lowest BCUT2D eigenvalue weighted by atomic mass is 9.99. The van der Waals surface area contributed by atoms with E-state index in [4.69, 9.17) is 9.47 Å². The van der Waals surface area contributed by atoms with E-state index in [1.807, 2.05) is 6.08 Å². The predicted molar refractivity (Wildman–Crippen MR) is 267 cm³/mol. The summed E-state index contributed by atoms with van der Waals surface area (Å²) >= 11 is 0. The molecule has 0 bridgehead atoms. The Hall–Kier alpha value is -2.11. The number of aliphatic hydroxyl groups is 5. The Morgan fingerprint density at radius 2 is 0.984 bits per heavy atom. The summed E-state index contributed by atoms with van der Waals surface area (Å²) in [6, 6.07) is -0.833. The monoisotopic (exact) mass is 902 g/mol. The summed E-state index contributed by atoms with van der Waals surface area (Å²) < 4.78 is 11.2. The van der Waals surface area contributed by atoms with Crippen molar-refractivity contribution in [1.29, 1.82) is 0 Å². The second kappa shape index (κ2) is 44.7. The number of amides is 1. The number of ether oxygens (including phenoxy) is 2. The molecule has 1 amide bonds. The molecular weight excluding hydrogens is 803 g/mol. The number of carbonyl (C=O) groups excluding carboxylic acids is 1. The number of rotatable bonds is 44. The zero-order valence-corrected chi connectivity index (χ0v) is 41.0. The van der Waals surface area contributed by atoms with Crippen molar-refractivity contribution in [3.63, 3.8) is 0 Å². The second-order valence-electron chi connectivity index (χ2n) is 18.3. The molecule has 9 nitrogen and oxygen atoms in total. The van der Waals surface area contributed by atoms with Crippen LogP contribution in [-0.2, 0) is 14.3 Å². The van der Waals surface area contributed by atoms with Gasteiger partial charge in [0.2, 0.25) is 5.91 Å². The van der Waals surface area contributed by atoms with Gasteiger partial charge in [-0.05, 0) is 64.2 Å². The summed E-state index contributed by atoms with van der Waals surface area (Å²) in [4.78, 5) is 13.0. The number of hydrogen-bond donors (Lipinski definition) is 6. The maximum Gasteiger partial charge on any atom is 0.220 e. The van der Waals surface area contributed by atoms with Gasteiger partial charge in [0.15, 0.2) is 6.29 Å². The van der Waals surface area contributed by atoms with Crippen LogP contribution in [0.3, 0.4) is 0 Å². The molecule has 1 aliphatic heterocycles. The van der Waals surface area contributed by atoms with Gasteiger partial charge in [0, 0.05) is 6.42 Å². The molecule has 1 saturated heterocycles. The van der Waals surface area contributed by atoms with E-state index in [0.29, 0.717) is 6.42 Å². The van der Waals surface area contributed by atoms with E-state index < -0.39 is 49.5 Å². The fourth-order valence-corrected chi connectivity index (χ4v) is 8.13. The average molecular weight is 902 g/mol. The van der Waals surface area contributed by atoms with Crippen LogP contribution in [0.1, 0.15) is 226 Å². The van der Waals surface area contributed by atoms with Crippen LogP contribution >= 0.6 is 0 Å². The van der Waals surface area contributed by atoms with E-state index in [2.05, 4.69) is 67.8 Å². The normalized spacial score (nSPS) is 20.5. The number of carbonyl (C=O) groups is 1. The van der Waals surface area contributed by atoms with Crippen LogP contribution in [-0.4, -0.2) is 87.5 Å². The van der Waals surface area contributed by atoms with Gasteiger partial charge in [0.05, 0.1) is 25.4 Å². The minimum Gasteiger partial charge on any atom is -0.394 e. The Balaban J connectivity index is 2.28. The Bertz CT molecular complexity index is 1180. The first kappa shape index (κ1) is 59.9. The van der Waals surface area contributed by atoms with Gasteiger partial charge in [-0.25, -0.2) is 0 Å². The first-order valence-electron chi connectivity index (χ1n) is 26.5. The van der Waals surface area contributed by atoms with Gasteiger partial charge in [-0.15, -0.1) is 0 Å². The van der Waals surface area contributed by atoms with Crippen LogP contribution in [0.5, 0.6) is 0 Å². The zero-order valence-electron chi connectivity index (χ0n) is 41.0. The van der Waals surface area contributed by atoms with Gasteiger partial charge in [-0.3, -0.25) is 4.79 Å². The van der Waals surface area contributed by atoms with Crippen LogP contribution in [0.2, 0.25) is 0 Å². The fourth-order valence-electron chi connectivity index (χ4n) is 8.13. The Labute approximate surface area is 392 Å².